The van der Waals surface area contributed by atoms with Gasteiger partial charge in [-0.2, -0.15) is 0 Å². The van der Waals surface area contributed by atoms with Gasteiger partial charge in [0.15, 0.2) is 12.1 Å². The molecule has 1 saturated heterocycles. The normalized spacial score (nSPS) is 19.0. The number of rotatable bonds is 6. The number of aryl methyl sites for hydroxylation is 1. The summed E-state index contributed by atoms with van der Waals surface area (Å²) in [6, 6.07) is 4.40. The van der Waals surface area contributed by atoms with E-state index in [0.29, 0.717) is 23.8 Å². The van der Waals surface area contributed by atoms with Crippen LogP contribution >= 0.6 is 11.9 Å². The Morgan fingerprint density at radius 3 is 2.52 bits per heavy atom. The molecule has 1 aliphatic carbocycles. The molecule has 0 N–H and O–H groups in total. The SMILES string of the molecule is C=CCC1(Sn2c(=O)n(-c3ccc(C)cc3F)c(=C(\F)C=O)/c2=C2/CCCN2C)CC1.CC. The number of hydrogen-bond donors (Lipinski definition) is 0. The van der Waals surface area contributed by atoms with Crippen LogP contribution in [-0.2, 0) is 4.79 Å². The second-order valence-corrected chi connectivity index (χ2v) is 9.68. The van der Waals surface area contributed by atoms with E-state index in [4.69, 9.17) is 0 Å². The van der Waals surface area contributed by atoms with Crippen LogP contribution in [0.2, 0.25) is 0 Å². The highest BCUT2D eigenvalue weighted by molar-refractivity contribution is 7.99. The molecule has 0 atom stereocenters. The predicted octanol–water partition coefficient (Wildman–Crippen LogP) is 3.83. The van der Waals surface area contributed by atoms with E-state index < -0.39 is 17.3 Å². The fraction of sp³-hybridized carbons (Fsp3) is 0.440. The first-order valence-electron chi connectivity index (χ1n) is 11.3. The molecule has 0 radical (unpaired) electrons. The molecule has 1 aliphatic heterocycles. The number of allylic oxidation sites excluding steroid dienone is 1. The lowest BCUT2D eigenvalue weighted by Gasteiger charge is -2.15. The number of likely N-dealkylation sites (tertiary alicyclic amines) is 1. The van der Waals surface area contributed by atoms with Gasteiger partial charge in [-0.15, -0.1) is 6.58 Å². The monoisotopic (exact) mass is 475 g/mol. The molecule has 33 heavy (non-hydrogen) atoms. The highest BCUT2D eigenvalue weighted by atomic mass is 32.2. The van der Waals surface area contributed by atoms with Crippen molar-refractivity contribution in [3.8, 4) is 5.69 Å². The molecular formula is C25H31F2N3O2S. The Balaban J connectivity index is 0.00000149. The topological polar surface area (TPSA) is 47.2 Å². The van der Waals surface area contributed by atoms with Crippen LogP contribution in [0.3, 0.4) is 0 Å². The Bertz CT molecular complexity index is 1240. The molecule has 4 rings (SSSR count). The zero-order chi connectivity index (χ0) is 24.3. The minimum atomic E-state index is -1.09. The fourth-order valence-electron chi connectivity index (χ4n) is 4.15. The lowest BCUT2D eigenvalue weighted by Crippen LogP contribution is -2.38. The average molecular weight is 476 g/mol. The van der Waals surface area contributed by atoms with Crippen molar-refractivity contribution in [2.75, 3.05) is 13.6 Å². The number of carbonyl (C=O) groups excluding carboxylic acids is 1. The summed E-state index contributed by atoms with van der Waals surface area (Å²) < 4.78 is 32.2. The Labute approximate surface area is 197 Å². The smallest absolute Gasteiger partial charge is 0.344 e. The number of halogens is 2. The first-order valence-corrected chi connectivity index (χ1v) is 12.1. The van der Waals surface area contributed by atoms with Gasteiger partial charge in [-0.3, -0.25) is 9.36 Å². The standard InChI is InChI=1S/C23H25F2N3O2S.C2H6/c1-4-9-23(10-11-23)31-28-21(19-6-5-12-26(19)3)20(17(25)14-29)27(22(28)30)18-8-7-15(2)13-16(18)24;1-2/h4,7-8,13-14H,1,5-6,9-12H2,2-3H3;1-2H3/b20-17-,21-19+;. The zero-order valence-electron chi connectivity index (χ0n) is 19.7. The molecular weight excluding hydrogens is 444 g/mol. The Morgan fingerprint density at radius 2 is 2.00 bits per heavy atom. The van der Waals surface area contributed by atoms with Gasteiger partial charge in [0.2, 0.25) is 0 Å². The molecule has 8 heteroatoms. The lowest BCUT2D eigenvalue weighted by molar-refractivity contribution is -0.104. The minimum absolute atomic E-state index is 0.0713. The van der Waals surface area contributed by atoms with Crippen LogP contribution in [0, 0.1) is 12.7 Å². The van der Waals surface area contributed by atoms with Gasteiger partial charge in [-0.1, -0.05) is 26.0 Å². The maximum absolute atomic E-state index is 15.0. The molecule has 0 spiro atoms. The third-order valence-electron chi connectivity index (χ3n) is 5.94. The number of aldehydes is 1. The molecule has 0 unspecified atom stereocenters. The number of nitrogens with zero attached hydrogens (tertiary/aromatic N) is 3. The van der Waals surface area contributed by atoms with Crippen LogP contribution in [0.15, 0.2) is 35.6 Å². The van der Waals surface area contributed by atoms with Gasteiger partial charge in [0.1, 0.15) is 16.5 Å². The molecule has 1 aromatic carbocycles. The van der Waals surface area contributed by atoms with Crippen LogP contribution in [0.5, 0.6) is 0 Å². The molecule has 1 saturated carbocycles. The summed E-state index contributed by atoms with van der Waals surface area (Å²) in [6.45, 7) is 10.3. The molecule has 2 fully saturated rings. The van der Waals surface area contributed by atoms with E-state index in [1.54, 1.807) is 13.0 Å². The van der Waals surface area contributed by atoms with E-state index in [1.165, 1.54) is 28.1 Å². The molecule has 178 valence electrons. The third-order valence-corrected chi connectivity index (χ3v) is 7.42. The molecule has 2 aromatic rings. The quantitative estimate of drug-likeness (QED) is 0.471. The van der Waals surface area contributed by atoms with Crippen LogP contribution in [0.25, 0.3) is 17.2 Å². The number of imidazole rings is 1. The van der Waals surface area contributed by atoms with Crippen LogP contribution in [-0.4, -0.2) is 38.1 Å². The summed E-state index contributed by atoms with van der Waals surface area (Å²) in [5.74, 6) is -1.74. The number of carbonyl (C=O) groups is 1. The largest absolute Gasteiger partial charge is 0.376 e. The van der Waals surface area contributed by atoms with E-state index in [2.05, 4.69) is 6.58 Å². The average Bonchev–Trinajstić information content (AvgIpc) is 3.34. The van der Waals surface area contributed by atoms with Crippen LogP contribution in [0.1, 0.15) is 51.5 Å². The van der Waals surface area contributed by atoms with Gasteiger partial charge in [0, 0.05) is 24.0 Å². The number of aromatic nitrogens is 2. The summed E-state index contributed by atoms with van der Waals surface area (Å²) in [5, 5.41) is 0.156. The summed E-state index contributed by atoms with van der Waals surface area (Å²) in [5.41, 5.74) is 0.811. The summed E-state index contributed by atoms with van der Waals surface area (Å²) in [6.07, 6.45) is 5.91. The first-order chi connectivity index (χ1) is 15.8. The fourth-order valence-corrected chi connectivity index (χ4v) is 5.46. The Hall–Kier alpha value is -2.61. The van der Waals surface area contributed by atoms with Crippen molar-refractivity contribution in [1.82, 2.24) is 13.4 Å². The zero-order valence-corrected chi connectivity index (χ0v) is 20.5. The maximum Gasteiger partial charge on any atom is 0.344 e. The van der Waals surface area contributed by atoms with Crippen molar-refractivity contribution in [1.29, 1.82) is 0 Å². The van der Waals surface area contributed by atoms with E-state index >= 15 is 4.39 Å². The van der Waals surface area contributed by atoms with Crippen molar-refractivity contribution >= 4 is 29.8 Å². The lowest BCUT2D eigenvalue weighted by atomic mass is 10.2. The maximum atomic E-state index is 15.0. The molecule has 0 amide bonds. The number of hydrogen-bond acceptors (Lipinski definition) is 4. The van der Waals surface area contributed by atoms with E-state index in [1.807, 2.05) is 31.9 Å². The second kappa shape index (κ2) is 10.1. The first kappa shape index (κ1) is 25.0. The van der Waals surface area contributed by atoms with Gasteiger partial charge < -0.3 is 4.90 Å². The van der Waals surface area contributed by atoms with Crippen molar-refractivity contribution in [2.45, 2.75) is 57.6 Å². The Kier molecular flexibility index (Phi) is 7.67. The van der Waals surface area contributed by atoms with Crippen molar-refractivity contribution in [3.05, 3.63) is 63.4 Å². The third kappa shape index (κ3) is 4.71. The van der Waals surface area contributed by atoms with Crippen molar-refractivity contribution in [2.24, 2.45) is 0 Å². The summed E-state index contributed by atoms with van der Waals surface area (Å²) >= 11 is 1.34. The van der Waals surface area contributed by atoms with Gasteiger partial charge in [-0.05, 0) is 68.7 Å². The molecule has 5 nitrogen and oxygen atoms in total. The molecule has 0 bridgehead atoms. The second-order valence-electron chi connectivity index (χ2n) is 8.27. The number of benzene rings is 1. The van der Waals surface area contributed by atoms with Crippen LogP contribution < -0.4 is 16.4 Å². The molecule has 2 heterocycles. The van der Waals surface area contributed by atoms with Gasteiger partial charge >= 0.3 is 5.69 Å². The van der Waals surface area contributed by atoms with Gasteiger partial charge in [0.05, 0.1) is 5.69 Å². The minimum Gasteiger partial charge on any atom is -0.376 e. The van der Waals surface area contributed by atoms with E-state index in [0.717, 1.165) is 36.1 Å². The highest BCUT2D eigenvalue weighted by Gasteiger charge is 2.44. The Morgan fingerprint density at radius 1 is 1.30 bits per heavy atom. The predicted molar refractivity (Wildman–Crippen MR) is 131 cm³/mol. The van der Waals surface area contributed by atoms with Crippen molar-refractivity contribution < 1.29 is 13.6 Å². The van der Waals surface area contributed by atoms with Crippen LogP contribution in [0.4, 0.5) is 8.78 Å². The molecule has 1 aromatic heterocycles. The van der Waals surface area contributed by atoms with E-state index in [-0.39, 0.29) is 22.1 Å². The van der Waals surface area contributed by atoms with Crippen molar-refractivity contribution in [3.63, 3.8) is 0 Å². The summed E-state index contributed by atoms with van der Waals surface area (Å²) in [4.78, 5) is 27.1. The summed E-state index contributed by atoms with van der Waals surface area (Å²) in [7, 11) is 1.88. The van der Waals surface area contributed by atoms with E-state index in [9.17, 15) is 14.0 Å². The molecule has 2 aliphatic rings. The highest BCUT2D eigenvalue weighted by Crippen LogP contribution is 2.51. The van der Waals surface area contributed by atoms with Gasteiger partial charge in [0.25, 0.3) is 0 Å². The van der Waals surface area contributed by atoms with Gasteiger partial charge in [-0.25, -0.2) is 17.5 Å².